The Labute approximate surface area is 183 Å². The van der Waals surface area contributed by atoms with E-state index in [1.807, 2.05) is 18.2 Å². The van der Waals surface area contributed by atoms with E-state index >= 15 is 0 Å². The van der Waals surface area contributed by atoms with E-state index in [1.54, 1.807) is 36.5 Å². The van der Waals surface area contributed by atoms with Crippen LogP contribution in [0.3, 0.4) is 0 Å². The first-order chi connectivity index (χ1) is 14.5. The lowest BCUT2D eigenvalue weighted by atomic mass is 10.2. The molecule has 1 amide bonds. The summed E-state index contributed by atoms with van der Waals surface area (Å²) in [4.78, 5) is 28.2. The van der Waals surface area contributed by atoms with Gasteiger partial charge in [0.15, 0.2) is 0 Å². The summed E-state index contributed by atoms with van der Waals surface area (Å²) >= 11 is 11.8. The normalized spacial score (nSPS) is 10.3. The third-order valence-electron chi connectivity index (χ3n) is 4.01. The molecular weight excluding hydrogens is 427 g/mol. The number of benzene rings is 2. The van der Waals surface area contributed by atoms with Gasteiger partial charge in [-0.05, 0) is 48.0 Å². The average molecular weight is 445 g/mol. The second-order valence-electron chi connectivity index (χ2n) is 6.22. The molecule has 0 atom stereocenters. The molecule has 3 rings (SSSR count). The zero-order valence-electron chi connectivity index (χ0n) is 15.8. The summed E-state index contributed by atoms with van der Waals surface area (Å²) in [6.45, 7) is 0.173. The number of rotatable bonds is 8. The van der Waals surface area contributed by atoms with Gasteiger partial charge in [0.05, 0.1) is 16.3 Å². The molecule has 0 aliphatic rings. The molecule has 8 heteroatoms. The highest BCUT2D eigenvalue weighted by Gasteiger charge is 2.12. The second-order valence-corrected chi connectivity index (χ2v) is 7.06. The van der Waals surface area contributed by atoms with Gasteiger partial charge in [-0.25, -0.2) is 0 Å². The quantitative estimate of drug-likeness (QED) is 0.519. The number of halogens is 2. The minimum atomic E-state index is -0.566. The Morgan fingerprint density at radius 1 is 0.967 bits per heavy atom. The Kier molecular flexibility index (Phi) is 7.65. The number of carbonyl (C=O) groups excluding carboxylic acids is 2. The molecule has 3 aromatic rings. The van der Waals surface area contributed by atoms with Crippen LogP contribution in [0.25, 0.3) is 0 Å². The van der Waals surface area contributed by atoms with Crippen LogP contribution in [0, 0.1) is 0 Å². The molecule has 0 aliphatic carbocycles. The number of nitrogens with one attached hydrogen (secondary N) is 1. The van der Waals surface area contributed by atoms with Crippen LogP contribution in [0.4, 0.5) is 0 Å². The maximum atomic E-state index is 12.1. The zero-order chi connectivity index (χ0) is 21.3. The highest BCUT2D eigenvalue weighted by molar-refractivity contribution is 6.36. The summed E-state index contributed by atoms with van der Waals surface area (Å²) in [6.07, 6.45) is 1.71. The van der Waals surface area contributed by atoms with E-state index in [0.29, 0.717) is 17.4 Å². The van der Waals surface area contributed by atoms with Gasteiger partial charge in [-0.15, -0.1) is 0 Å². The Morgan fingerprint density at radius 2 is 1.77 bits per heavy atom. The average Bonchev–Trinajstić information content (AvgIpc) is 2.76. The van der Waals surface area contributed by atoms with E-state index in [9.17, 15) is 9.59 Å². The fourth-order valence-corrected chi connectivity index (χ4v) is 2.95. The van der Waals surface area contributed by atoms with E-state index < -0.39 is 11.9 Å². The lowest BCUT2D eigenvalue weighted by molar-refractivity contribution is -0.143. The molecule has 1 aromatic heterocycles. The molecule has 6 nitrogen and oxygen atoms in total. The third kappa shape index (κ3) is 6.47. The van der Waals surface area contributed by atoms with Crippen molar-refractivity contribution in [2.75, 3.05) is 6.54 Å². The molecule has 0 fully saturated rings. The minimum absolute atomic E-state index is 0.0803. The van der Waals surface area contributed by atoms with Gasteiger partial charge in [-0.2, -0.15) is 0 Å². The molecule has 2 aromatic carbocycles. The summed E-state index contributed by atoms with van der Waals surface area (Å²) in [5.41, 5.74) is 1.85. The van der Waals surface area contributed by atoms with Crippen LogP contribution in [0.5, 0.6) is 5.75 Å². The van der Waals surface area contributed by atoms with Crippen LogP contribution < -0.4 is 10.1 Å². The van der Waals surface area contributed by atoms with Gasteiger partial charge >= 0.3 is 5.97 Å². The van der Waals surface area contributed by atoms with Crippen LogP contribution in [-0.2, 0) is 22.7 Å². The second kappa shape index (κ2) is 10.6. The monoisotopic (exact) mass is 444 g/mol. The summed E-state index contributed by atoms with van der Waals surface area (Å²) in [5, 5.41) is 3.10. The Balaban J connectivity index is 1.41. The molecule has 154 valence electrons. The predicted octanol–water partition coefficient (Wildman–Crippen LogP) is 4.44. The molecular formula is C22H18Cl2N2O4. The van der Waals surface area contributed by atoms with Gasteiger partial charge in [0.25, 0.3) is 5.91 Å². The highest BCUT2D eigenvalue weighted by atomic mass is 35.5. The lowest BCUT2D eigenvalue weighted by Gasteiger charge is -2.09. The van der Waals surface area contributed by atoms with Crippen LogP contribution in [-0.4, -0.2) is 23.4 Å². The number of pyridine rings is 1. The smallest absolute Gasteiger partial charge is 0.325 e. The highest BCUT2D eigenvalue weighted by Crippen LogP contribution is 2.20. The van der Waals surface area contributed by atoms with Crippen molar-refractivity contribution >= 4 is 35.1 Å². The number of aromatic nitrogens is 1. The zero-order valence-corrected chi connectivity index (χ0v) is 17.3. The lowest BCUT2D eigenvalue weighted by Crippen LogP contribution is -2.30. The van der Waals surface area contributed by atoms with E-state index in [2.05, 4.69) is 10.3 Å². The largest absolute Gasteiger partial charge is 0.487 e. The Morgan fingerprint density at radius 3 is 2.47 bits per heavy atom. The number of hydrogen-bond acceptors (Lipinski definition) is 5. The van der Waals surface area contributed by atoms with Crippen molar-refractivity contribution in [2.45, 2.75) is 13.2 Å². The van der Waals surface area contributed by atoms with Crippen molar-refractivity contribution in [1.82, 2.24) is 10.3 Å². The molecule has 1 heterocycles. The fourth-order valence-electron chi connectivity index (χ4n) is 2.46. The van der Waals surface area contributed by atoms with E-state index in [-0.39, 0.29) is 23.7 Å². The standard InChI is InChI=1S/C22H18Cl2N2O4/c23-16-6-9-19(20(24)11-16)22(28)26-12-21(27)30-13-15-4-7-18(8-5-15)29-14-17-3-1-2-10-25-17/h1-11H,12-14H2,(H,26,28). The molecule has 1 N–H and O–H groups in total. The van der Waals surface area contributed by atoms with Crippen molar-refractivity contribution in [3.63, 3.8) is 0 Å². The number of esters is 1. The van der Waals surface area contributed by atoms with Crippen molar-refractivity contribution in [2.24, 2.45) is 0 Å². The van der Waals surface area contributed by atoms with Gasteiger partial charge in [-0.3, -0.25) is 14.6 Å². The SMILES string of the molecule is O=C(CNC(=O)c1ccc(Cl)cc1Cl)OCc1ccc(OCc2ccccn2)cc1. The number of hydrogen-bond donors (Lipinski definition) is 1. The molecule has 0 spiro atoms. The van der Waals surface area contributed by atoms with Crippen molar-refractivity contribution in [3.05, 3.63) is 93.7 Å². The predicted molar refractivity (Wildman–Crippen MR) is 114 cm³/mol. The first-order valence-corrected chi connectivity index (χ1v) is 9.77. The Hall–Kier alpha value is -3.09. The first kappa shape index (κ1) is 21.6. The van der Waals surface area contributed by atoms with Crippen molar-refractivity contribution < 1.29 is 19.1 Å². The van der Waals surface area contributed by atoms with Crippen LogP contribution in [0.15, 0.2) is 66.9 Å². The van der Waals surface area contributed by atoms with Crippen LogP contribution in [0.1, 0.15) is 21.6 Å². The number of amides is 1. The van der Waals surface area contributed by atoms with Gasteiger partial charge in [0.2, 0.25) is 0 Å². The fraction of sp³-hybridized carbons (Fsp3) is 0.136. The summed E-state index contributed by atoms with van der Waals surface area (Å²) < 4.78 is 10.8. The maximum Gasteiger partial charge on any atom is 0.325 e. The van der Waals surface area contributed by atoms with Gasteiger partial charge in [0, 0.05) is 11.2 Å². The van der Waals surface area contributed by atoms with Crippen molar-refractivity contribution in [1.29, 1.82) is 0 Å². The maximum absolute atomic E-state index is 12.1. The number of nitrogens with zero attached hydrogens (tertiary/aromatic N) is 1. The molecule has 0 unspecified atom stereocenters. The summed E-state index contributed by atoms with van der Waals surface area (Å²) in [5.74, 6) is -0.366. The minimum Gasteiger partial charge on any atom is -0.487 e. The molecule has 30 heavy (non-hydrogen) atoms. The van der Waals surface area contributed by atoms with E-state index in [1.165, 1.54) is 12.1 Å². The van der Waals surface area contributed by atoms with E-state index in [4.69, 9.17) is 32.7 Å². The molecule has 0 saturated carbocycles. The molecule has 0 bridgehead atoms. The Bertz CT molecular complexity index is 1010. The number of ether oxygens (including phenoxy) is 2. The summed E-state index contributed by atoms with van der Waals surface area (Å²) in [6, 6.07) is 17.3. The summed E-state index contributed by atoms with van der Waals surface area (Å²) in [7, 11) is 0. The molecule has 0 radical (unpaired) electrons. The third-order valence-corrected chi connectivity index (χ3v) is 4.55. The van der Waals surface area contributed by atoms with Gasteiger partial charge < -0.3 is 14.8 Å². The van der Waals surface area contributed by atoms with E-state index in [0.717, 1.165) is 11.3 Å². The van der Waals surface area contributed by atoms with Gasteiger partial charge in [0.1, 0.15) is 25.5 Å². The van der Waals surface area contributed by atoms with Gasteiger partial charge in [-0.1, -0.05) is 41.4 Å². The number of carbonyl (C=O) groups is 2. The molecule has 0 aliphatic heterocycles. The molecule has 0 saturated heterocycles. The van der Waals surface area contributed by atoms with Crippen molar-refractivity contribution in [3.8, 4) is 5.75 Å². The van der Waals surface area contributed by atoms with Crippen LogP contribution in [0.2, 0.25) is 10.0 Å². The first-order valence-electron chi connectivity index (χ1n) is 9.02. The topological polar surface area (TPSA) is 77.5 Å². The van der Waals surface area contributed by atoms with Crippen LogP contribution >= 0.6 is 23.2 Å².